The Morgan fingerprint density at radius 2 is 2.04 bits per heavy atom. The van der Waals surface area contributed by atoms with E-state index < -0.39 is 0 Å². The van der Waals surface area contributed by atoms with Crippen molar-refractivity contribution in [1.82, 2.24) is 4.90 Å². The first-order valence-electron chi connectivity index (χ1n) is 7.69. The first-order chi connectivity index (χ1) is 11.9. The Bertz CT molecular complexity index is 722. The lowest BCUT2D eigenvalue weighted by Crippen LogP contribution is -2.29. The summed E-state index contributed by atoms with van der Waals surface area (Å²) in [6.45, 7) is 0.546. The summed E-state index contributed by atoms with van der Waals surface area (Å²) < 4.78 is 5.14. The quantitative estimate of drug-likeness (QED) is 0.272. The molecule has 0 bridgehead atoms. The second-order valence-corrected chi connectivity index (χ2v) is 7.88. The minimum Gasteiger partial charge on any atom is -0.469 e. The molecule has 4 nitrogen and oxygen atoms in total. The maximum absolute atomic E-state index is 12.5. The van der Waals surface area contributed by atoms with Crippen LogP contribution in [0.1, 0.15) is 31.2 Å². The normalized spacial score (nSPS) is 16.0. The second kappa shape index (κ2) is 9.57. The summed E-state index contributed by atoms with van der Waals surface area (Å²) in [5.41, 5.74) is 0.799. The van der Waals surface area contributed by atoms with E-state index in [1.165, 1.54) is 18.9 Å². The highest BCUT2D eigenvalue weighted by atomic mass is 35.5. The van der Waals surface area contributed by atoms with E-state index in [0.29, 0.717) is 32.2 Å². The molecule has 0 aromatic heterocycles. The smallest absolute Gasteiger partial charge is 0.305 e. The number of amides is 1. The summed E-state index contributed by atoms with van der Waals surface area (Å²) >= 11 is 18.5. The van der Waals surface area contributed by atoms with Gasteiger partial charge in [0, 0.05) is 13.0 Å². The third-order valence-corrected chi connectivity index (χ3v) is 5.72. The average Bonchev–Trinajstić information content (AvgIpc) is 2.84. The highest BCUT2D eigenvalue weighted by molar-refractivity contribution is 8.26. The summed E-state index contributed by atoms with van der Waals surface area (Å²) in [6, 6.07) is 5.20. The minimum absolute atomic E-state index is 0.103. The van der Waals surface area contributed by atoms with Crippen molar-refractivity contribution in [3.05, 3.63) is 38.7 Å². The number of esters is 1. The van der Waals surface area contributed by atoms with Gasteiger partial charge in [-0.25, -0.2) is 0 Å². The molecule has 1 heterocycles. The first-order valence-corrected chi connectivity index (χ1v) is 9.67. The summed E-state index contributed by atoms with van der Waals surface area (Å²) in [7, 11) is 1.38. The minimum atomic E-state index is -0.213. The molecule has 0 aliphatic carbocycles. The van der Waals surface area contributed by atoms with Crippen LogP contribution in [0.5, 0.6) is 0 Å². The van der Waals surface area contributed by atoms with Gasteiger partial charge in [-0.1, -0.05) is 59.7 Å². The molecule has 1 aliphatic rings. The fraction of sp³-hybridized carbons (Fsp3) is 0.353. The van der Waals surface area contributed by atoms with Gasteiger partial charge in [0.1, 0.15) is 4.32 Å². The Kier molecular flexibility index (Phi) is 7.75. The molecule has 1 saturated heterocycles. The van der Waals surface area contributed by atoms with E-state index in [2.05, 4.69) is 4.74 Å². The molecule has 0 saturated carbocycles. The van der Waals surface area contributed by atoms with Gasteiger partial charge in [0.15, 0.2) is 0 Å². The summed E-state index contributed by atoms with van der Waals surface area (Å²) in [4.78, 5) is 25.7. The van der Waals surface area contributed by atoms with Crippen LogP contribution in [0, 0.1) is 0 Å². The third kappa shape index (κ3) is 5.71. The van der Waals surface area contributed by atoms with Crippen molar-refractivity contribution in [2.75, 3.05) is 13.7 Å². The first kappa shape index (κ1) is 20.2. The van der Waals surface area contributed by atoms with Crippen molar-refractivity contribution >= 4 is 69.5 Å². The molecule has 0 radical (unpaired) electrons. The summed E-state index contributed by atoms with van der Waals surface area (Å²) in [5.74, 6) is -0.316. The van der Waals surface area contributed by atoms with Gasteiger partial charge < -0.3 is 4.74 Å². The number of benzene rings is 1. The number of thioether (sulfide) groups is 1. The third-order valence-electron chi connectivity index (χ3n) is 3.61. The van der Waals surface area contributed by atoms with Crippen molar-refractivity contribution in [3.63, 3.8) is 0 Å². The van der Waals surface area contributed by atoms with E-state index >= 15 is 0 Å². The zero-order chi connectivity index (χ0) is 18.4. The van der Waals surface area contributed by atoms with Crippen LogP contribution in [0.2, 0.25) is 10.0 Å². The number of thiocarbonyl (C=S) groups is 1. The van der Waals surface area contributed by atoms with Gasteiger partial charge in [0.25, 0.3) is 5.91 Å². The van der Waals surface area contributed by atoms with E-state index in [-0.39, 0.29) is 11.9 Å². The lowest BCUT2D eigenvalue weighted by molar-refractivity contribution is -0.140. The Balaban J connectivity index is 1.91. The Labute approximate surface area is 166 Å². The molecular formula is C17H17Cl2NO3S2. The molecule has 2 rings (SSSR count). The number of nitrogens with zero attached hydrogens (tertiary/aromatic N) is 1. The molecule has 1 aromatic carbocycles. The number of hydrogen-bond acceptors (Lipinski definition) is 5. The average molecular weight is 418 g/mol. The van der Waals surface area contributed by atoms with E-state index in [1.54, 1.807) is 29.2 Å². The zero-order valence-corrected chi connectivity index (χ0v) is 16.7. The largest absolute Gasteiger partial charge is 0.469 e. The molecule has 1 aromatic rings. The van der Waals surface area contributed by atoms with Crippen LogP contribution in [-0.2, 0) is 14.3 Å². The van der Waals surface area contributed by atoms with Crippen LogP contribution in [0.15, 0.2) is 23.1 Å². The second-order valence-electron chi connectivity index (χ2n) is 5.39. The maximum atomic E-state index is 12.5. The van der Waals surface area contributed by atoms with Gasteiger partial charge in [-0.2, -0.15) is 0 Å². The Morgan fingerprint density at radius 1 is 1.28 bits per heavy atom. The molecule has 8 heteroatoms. The van der Waals surface area contributed by atoms with Crippen molar-refractivity contribution in [2.45, 2.75) is 25.7 Å². The van der Waals surface area contributed by atoms with Gasteiger partial charge in [0.2, 0.25) is 0 Å². The monoisotopic (exact) mass is 417 g/mol. The van der Waals surface area contributed by atoms with Gasteiger partial charge in [0.05, 0.1) is 22.1 Å². The molecule has 1 amide bonds. The number of carbonyl (C=O) groups excluding carboxylic acids is 2. The predicted molar refractivity (Wildman–Crippen MR) is 107 cm³/mol. The molecule has 25 heavy (non-hydrogen) atoms. The highest BCUT2D eigenvalue weighted by Gasteiger charge is 2.31. The molecular weight excluding hydrogens is 401 g/mol. The van der Waals surface area contributed by atoms with E-state index in [0.717, 1.165) is 24.8 Å². The maximum Gasteiger partial charge on any atom is 0.305 e. The Morgan fingerprint density at radius 3 is 2.72 bits per heavy atom. The van der Waals surface area contributed by atoms with Crippen LogP contribution in [0.25, 0.3) is 6.08 Å². The number of carbonyl (C=O) groups is 2. The van der Waals surface area contributed by atoms with Crippen LogP contribution < -0.4 is 0 Å². The van der Waals surface area contributed by atoms with Gasteiger partial charge in [-0.15, -0.1) is 0 Å². The SMILES string of the molecule is COC(=O)CCCCCN1C(=O)/C(=C/c2ccc(Cl)c(Cl)c2)SC1=S. The number of rotatable bonds is 7. The molecule has 0 N–H and O–H groups in total. The van der Waals surface area contributed by atoms with Crippen LogP contribution >= 0.6 is 47.2 Å². The number of methoxy groups -OCH3 is 1. The van der Waals surface area contributed by atoms with Crippen LogP contribution in [-0.4, -0.2) is 34.8 Å². The van der Waals surface area contributed by atoms with Gasteiger partial charge >= 0.3 is 5.97 Å². The fourth-order valence-corrected chi connectivity index (χ4v) is 3.88. The van der Waals surface area contributed by atoms with Crippen LogP contribution in [0.4, 0.5) is 0 Å². The summed E-state index contributed by atoms with van der Waals surface area (Å²) in [5, 5.41) is 0.912. The molecule has 0 spiro atoms. The highest BCUT2D eigenvalue weighted by Crippen LogP contribution is 2.33. The van der Waals surface area contributed by atoms with E-state index in [9.17, 15) is 9.59 Å². The van der Waals surface area contributed by atoms with Crippen molar-refractivity contribution < 1.29 is 14.3 Å². The van der Waals surface area contributed by atoms with Crippen LogP contribution in [0.3, 0.4) is 0 Å². The van der Waals surface area contributed by atoms with Gasteiger partial charge in [-0.3, -0.25) is 14.5 Å². The number of ether oxygens (including phenoxy) is 1. The topological polar surface area (TPSA) is 46.6 Å². The molecule has 1 fully saturated rings. The van der Waals surface area contributed by atoms with Gasteiger partial charge in [-0.05, 0) is 36.6 Å². The molecule has 134 valence electrons. The standard InChI is InChI=1S/C17H17Cl2NO3S2/c1-23-15(21)5-3-2-4-8-20-16(22)14(25-17(20)24)10-11-6-7-12(18)13(19)9-11/h6-7,9-10H,2-5,8H2,1H3/b14-10-. The number of unbranched alkanes of at least 4 members (excludes halogenated alkanes) is 2. The Hall–Kier alpha value is -1.08. The summed E-state index contributed by atoms with van der Waals surface area (Å²) in [6.07, 6.45) is 4.51. The number of hydrogen-bond donors (Lipinski definition) is 0. The molecule has 1 aliphatic heterocycles. The van der Waals surface area contributed by atoms with E-state index in [1.807, 2.05) is 0 Å². The molecule has 0 unspecified atom stereocenters. The predicted octanol–water partition coefficient (Wildman–Crippen LogP) is 4.93. The van der Waals surface area contributed by atoms with Crippen molar-refractivity contribution in [3.8, 4) is 0 Å². The lowest BCUT2D eigenvalue weighted by atomic mass is 10.2. The van der Waals surface area contributed by atoms with Crippen molar-refractivity contribution in [2.24, 2.45) is 0 Å². The zero-order valence-electron chi connectivity index (χ0n) is 13.6. The fourth-order valence-electron chi connectivity index (χ4n) is 2.26. The molecule has 0 atom stereocenters. The number of halogens is 2. The lowest BCUT2D eigenvalue weighted by Gasteiger charge is -2.13. The van der Waals surface area contributed by atoms with E-state index in [4.69, 9.17) is 35.4 Å². The van der Waals surface area contributed by atoms with Crippen molar-refractivity contribution in [1.29, 1.82) is 0 Å².